The first-order chi connectivity index (χ1) is 17.1. The number of hydrogen-bond acceptors (Lipinski definition) is 4. The molecule has 1 saturated heterocycles. The number of aromatic nitrogens is 2. The highest BCUT2D eigenvalue weighted by Gasteiger charge is 2.53. The van der Waals surface area contributed by atoms with E-state index in [0.29, 0.717) is 5.54 Å². The van der Waals surface area contributed by atoms with E-state index < -0.39 is 0 Å². The molecule has 3 aromatic rings. The number of fused-ring (bicyclic) bond motifs is 1. The molecular formula is C29H31BrN4O. The maximum absolute atomic E-state index is 13.9. The molecule has 0 radical (unpaired) electrons. The van der Waals surface area contributed by atoms with Crippen molar-refractivity contribution in [3.8, 4) is 11.4 Å². The standard InChI is InChI=1S/C29H31BrN4O/c30-22-4-5-25-23(14-22)24(15-27(32-25)26-3-1-2-6-31-26)28(35)33-7-9-34(10-8-33)29-16-19-11-20(17-29)13-21(12-19)18-29/h1-6,14-15,19-21H,7-13,16-18H2. The van der Waals surface area contributed by atoms with Gasteiger partial charge in [0.1, 0.15) is 0 Å². The van der Waals surface area contributed by atoms with E-state index in [-0.39, 0.29) is 5.91 Å². The van der Waals surface area contributed by atoms with Gasteiger partial charge in [0, 0.05) is 47.8 Å². The summed E-state index contributed by atoms with van der Waals surface area (Å²) in [6.07, 6.45) is 10.4. The molecule has 0 atom stereocenters. The molecule has 5 fully saturated rings. The highest BCUT2D eigenvalue weighted by Crippen LogP contribution is 2.57. The minimum atomic E-state index is 0.109. The van der Waals surface area contributed by atoms with Crippen LogP contribution in [0.1, 0.15) is 48.9 Å². The summed E-state index contributed by atoms with van der Waals surface area (Å²) in [6.45, 7) is 3.60. The van der Waals surface area contributed by atoms with Crippen molar-refractivity contribution in [3.05, 3.63) is 58.7 Å². The minimum absolute atomic E-state index is 0.109. The minimum Gasteiger partial charge on any atom is -0.336 e. The number of amides is 1. The van der Waals surface area contributed by atoms with Crippen LogP contribution in [0.4, 0.5) is 0 Å². The molecule has 3 heterocycles. The molecule has 0 unspecified atom stereocenters. The number of benzene rings is 1. The molecule has 2 aromatic heterocycles. The van der Waals surface area contributed by atoms with E-state index in [1.807, 2.05) is 42.5 Å². The van der Waals surface area contributed by atoms with Crippen LogP contribution >= 0.6 is 15.9 Å². The Kier molecular flexibility index (Phi) is 5.25. The lowest BCUT2D eigenvalue weighted by Crippen LogP contribution is -2.64. The zero-order valence-electron chi connectivity index (χ0n) is 20.0. The molecular weight excluding hydrogens is 500 g/mol. The van der Waals surface area contributed by atoms with Gasteiger partial charge in [0.25, 0.3) is 5.91 Å². The van der Waals surface area contributed by atoms with Gasteiger partial charge in [-0.1, -0.05) is 22.0 Å². The van der Waals surface area contributed by atoms with E-state index in [4.69, 9.17) is 4.98 Å². The lowest BCUT2D eigenvalue weighted by molar-refractivity contribution is -0.0987. The third-order valence-electron chi connectivity index (χ3n) is 9.17. The van der Waals surface area contributed by atoms with Gasteiger partial charge < -0.3 is 4.90 Å². The van der Waals surface area contributed by atoms with Crippen LogP contribution in [0.2, 0.25) is 0 Å². The normalized spacial score (nSPS) is 30.2. The predicted molar refractivity (Wildman–Crippen MR) is 141 cm³/mol. The number of halogens is 1. The van der Waals surface area contributed by atoms with Crippen LogP contribution < -0.4 is 0 Å². The number of pyridine rings is 2. The van der Waals surface area contributed by atoms with Crippen molar-refractivity contribution in [2.45, 2.75) is 44.1 Å². The Hall–Kier alpha value is -2.31. The SMILES string of the molecule is O=C(c1cc(-c2ccccn2)nc2ccc(Br)cc12)N1CCN(C23CC4CC(CC(C4)C2)C3)CC1. The highest BCUT2D eigenvalue weighted by atomic mass is 79.9. The van der Waals surface area contributed by atoms with Crippen LogP contribution in [0.25, 0.3) is 22.3 Å². The molecule has 1 amide bonds. The quantitative estimate of drug-likeness (QED) is 0.430. The second-order valence-electron chi connectivity index (χ2n) is 11.4. The number of carbonyl (C=O) groups excluding carboxylic acids is 1. The van der Waals surface area contributed by atoms with Crippen LogP contribution in [0.15, 0.2) is 53.1 Å². The molecule has 1 aliphatic heterocycles. The molecule has 4 aliphatic carbocycles. The summed E-state index contributed by atoms with van der Waals surface area (Å²) in [7, 11) is 0. The first-order valence-electron chi connectivity index (χ1n) is 13.1. The molecule has 5 aliphatic rings. The van der Waals surface area contributed by atoms with Crippen molar-refractivity contribution in [3.63, 3.8) is 0 Å². The maximum Gasteiger partial charge on any atom is 0.254 e. The molecule has 6 heteroatoms. The van der Waals surface area contributed by atoms with Crippen molar-refractivity contribution in [1.82, 2.24) is 19.8 Å². The molecule has 8 rings (SSSR count). The van der Waals surface area contributed by atoms with Crippen molar-refractivity contribution < 1.29 is 4.79 Å². The van der Waals surface area contributed by atoms with E-state index in [2.05, 4.69) is 30.7 Å². The van der Waals surface area contributed by atoms with Gasteiger partial charge in [-0.05, 0) is 92.7 Å². The summed E-state index contributed by atoms with van der Waals surface area (Å²) in [4.78, 5) is 28.1. The summed E-state index contributed by atoms with van der Waals surface area (Å²) in [5, 5.41) is 0.896. The second-order valence-corrected chi connectivity index (χ2v) is 12.3. The zero-order chi connectivity index (χ0) is 23.6. The van der Waals surface area contributed by atoms with E-state index in [0.717, 1.165) is 76.3 Å². The summed E-state index contributed by atoms with van der Waals surface area (Å²) < 4.78 is 0.957. The van der Waals surface area contributed by atoms with Gasteiger partial charge in [-0.3, -0.25) is 14.7 Å². The van der Waals surface area contributed by atoms with Crippen molar-refractivity contribution in [2.24, 2.45) is 17.8 Å². The number of rotatable bonds is 3. The molecule has 0 spiro atoms. The molecule has 1 aromatic carbocycles. The summed E-state index contributed by atoms with van der Waals surface area (Å²) in [6, 6.07) is 13.7. The fraction of sp³-hybridized carbons (Fsp3) is 0.483. The highest BCUT2D eigenvalue weighted by molar-refractivity contribution is 9.10. The van der Waals surface area contributed by atoms with Crippen molar-refractivity contribution in [1.29, 1.82) is 0 Å². The van der Waals surface area contributed by atoms with Gasteiger partial charge in [0.05, 0.1) is 22.5 Å². The van der Waals surface area contributed by atoms with Crippen LogP contribution in [0.3, 0.4) is 0 Å². The van der Waals surface area contributed by atoms with Crippen LogP contribution in [0, 0.1) is 17.8 Å². The number of hydrogen-bond donors (Lipinski definition) is 0. The Labute approximate surface area is 215 Å². The summed E-state index contributed by atoms with van der Waals surface area (Å²) in [5.41, 5.74) is 3.51. The third kappa shape index (κ3) is 3.80. The van der Waals surface area contributed by atoms with Crippen LogP contribution in [0.5, 0.6) is 0 Å². The Bertz CT molecular complexity index is 1250. The Balaban J connectivity index is 1.16. The average Bonchev–Trinajstić information content (AvgIpc) is 2.87. The van der Waals surface area contributed by atoms with Gasteiger partial charge in [-0.25, -0.2) is 4.98 Å². The van der Waals surface area contributed by atoms with E-state index in [1.165, 1.54) is 38.5 Å². The molecule has 5 nitrogen and oxygen atoms in total. The fourth-order valence-corrected chi connectivity index (χ4v) is 8.39. The van der Waals surface area contributed by atoms with E-state index in [1.54, 1.807) is 6.20 Å². The third-order valence-corrected chi connectivity index (χ3v) is 9.67. The van der Waals surface area contributed by atoms with E-state index in [9.17, 15) is 4.79 Å². The lowest BCUT2D eigenvalue weighted by atomic mass is 9.52. The monoisotopic (exact) mass is 530 g/mol. The Morgan fingerprint density at radius 3 is 2.26 bits per heavy atom. The average molecular weight is 531 g/mol. The van der Waals surface area contributed by atoms with Gasteiger partial charge in [0.2, 0.25) is 0 Å². The summed E-state index contributed by atoms with van der Waals surface area (Å²) >= 11 is 3.59. The summed E-state index contributed by atoms with van der Waals surface area (Å²) in [5.74, 6) is 2.96. The molecule has 4 saturated carbocycles. The Morgan fingerprint density at radius 1 is 0.886 bits per heavy atom. The van der Waals surface area contributed by atoms with Gasteiger partial charge in [-0.2, -0.15) is 0 Å². The number of piperazine rings is 1. The lowest BCUT2D eigenvalue weighted by Gasteiger charge is -2.61. The van der Waals surface area contributed by atoms with E-state index >= 15 is 0 Å². The van der Waals surface area contributed by atoms with Crippen LogP contribution in [-0.2, 0) is 0 Å². The van der Waals surface area contributed by atoms with Crippen molar-refractivity contribution in [2.75, 3.05) is 26.2 Å². The second kappa shape index (κ2) is 8.38. The molecule has 4 bridgehead atoms. The predicted octanol–water partition coefficient (Wildman–Crippen LogP) is 5.79. The van der Waals surface area contributed by atoms with Gasteiger partial charge in [-0.15, -0.1) is 0 Å². The smallest absolute Gasteiger partial charge is 0.254 e. The van der Waals surface area contributed by atoms with Gasteiger partial charge in [0.15, 0.2) is 0 Å². The zero-order valence-corrected chi connectivity index (χ0v) is 21.6. The first kappa shape index (κ1) is 21.9. The fourth-order valence-electron chi connectivity index (χ4n) is 8.03. The molecule has 35 heavy (non-hydrogen) atoms. The Morgan fingerprint density at radius 2 is 1.60 bits per heavy atom. The number of carbonyl (C=O) groups is 1. The largest absolute Gasteiger partial charge is 0.336 e. The molecule has 0 N–H and O–H groups in total. The number of nitrogens with zero attached hydrogens (tertiary/aromatic N) is 4. The molecule has 180 valence electrons. The maximum atomic E-state index is 13.9. The van der Waals surface area contributed by atoms with Crippen LogP contribution in [-0.4, -0.2) is 57.4 Å². The topological polar surface area (TPSA) is 49.3 Å². The van der Waals surface area contributed by atoms with Crippen molar-refractivity contribution >= 4 is 32.7 Å². The van der Waals surface area contributed by atoms with Gasteiger partial charge >= 0.3 is 0 Å². The first-order valence-corrected chi connectivity index (χ1v) is 13.9.